The zero-order valence-electron chi connectivity index (χ0n) is 11.9. The van der Waals surface area contributed by atoms with E-state index >= 15 is 0 Å². The molecule has 2 fully saturated rings. The van der Waals surface area contributed by atoms with Gasteiger partial charge < -0.3 is 9.80 Å². The average Bonchev–Trinajstić information content (AvgIpc) is 2.38. The van der Waals surface area contributed by atoms with Crippen LogP contribution in [-0.4, -0.2) is 53.0 Å². The highest BCUT2D eigenvalue weighted by atomic mass is 32.2. The van der Waals surface area contributed by atoms with E-state index in [4.69, 9.17) is 0 Å². The molecular formula is C14H26N2OS. The zero-order chi connectivity index (χ0) is 13.2. The second-order valence-corrected chi connectivity index (χ2v) is 7.68. The van der Waals surface area contributed by atoms with Crippen molar-refractivity contribution >= 4 is 17.8 Å². The van der Waals surface area contributed by atoms with E-state index in [-0.39, 0.29) is 11.4 Å². The highest BCUT2D eigenvalue weighted by molar-refractivity contribution is 7.99. The number of amides is 2. The fourth-order valence-electron chi connectivity index (χ4n) is 3.00. The lowest BCUT2D eigenvalue weighted by Gasteiger charge is -2.45. The van der Waals surface area contributed by atoms with Gasteiger partial charge in [-0.1, -0.05) is 20.8 Å². The molecule has 2 saturated heterocycles. The fraction of sp³-hybridized carbons (Fsp3) is 0.929. The molecular weight excluding hydrogens is 244 g/mol. The molecule has 1 unspecified atom stereocenters. The van der Waals surface area contributed by atoms with E-state index in [1.165, 1.54) is 12.8 Å². The second-order valence-electron chi connectivity index (χ2n) is 6.45. The molecule has 2 aliphatic rings. The maximum Gasteiger partial charge on any atom is 0.320 e. The topological polar surface area (TPSA) is 23.6 Å². The number of carbonyl (C=O) groups is 1. The Kier molecular flexibility index (Phi) is 4.46. The van der Waals surface area contributed by atoms with Crippen molar-refractivity contribution in [2.75, 3.05) is 31.1 Å². The Morgan fingerprint density at radius 1 is 1.11 bits per heavy atom. The van der Waals surface area contributed by atoms with Crippen LogP contribution < -0.4 is 0 Å². The van der Waals surface area contributed by atoms with Gasteiger partial charge >= 0.3 is 6.03 Å². The minimum Gasteiger partial charge on any atom is -0.323 e. The quantitative estimate of drug-likeness (QED) is 0.675. The molecule has 18 heavy (non-hydrogen) atoms. The minimum absolute atomic E-state index is 0.195. The van der Waals surface area contributed by atoms with Crippen LogP contribution in [0, 0.1) is 5.41 Å². The Morgan fingerprint density at radius 3 is 2.39 bits per heavy atom. The highest BCUT2D eigenvalue weighted by Gasteiger charge is 2.36. The Morgan fingerprint density at radius 2 is 1.78 bits per heavy atom. The molecule has 104 valence electrons. The van der Waals surface area contributed by atoms with E-state index in [1.807, 2.05) is 11.8 Å². The van der Waals surface area contributed by atoms with Gasteiger partial charge in [-0.15, -0.1) is 0 Å². The molecule has 0 saturated carbocycles. The number of carbonyl (C=O) groups excluding carboxylic acids is 1. The van der Waals surface area contributed by atoms with Gasteiger partial charge in [0.2, 0.25) is 0 Å². The van der Waals surface area contributed by atoms with Crippen molar-refractivity contribution in [3.05, 3.63) is 0 Å². The fourth-order valence-corrected chi connectivity index (χ4v) is 3.90. The molecule has 2 amide bonds. The SMILES string of the molecule is CC(C)(C)C1CCCCN1C(=O)N1CCSCC1. The lowest BCUT2D eigenvalue weighted by molar-refractivity contribution is 0.0682. The van der Waals surface area contributed by atoms with Crippen LogP contribution in [0.25, 0.3) is 0 Å². The van der Waals surface area contributed by atoms with Gasteiger partial charge in [0.1, 0.15) is 0 Å². The zero-order valence-corrected chi connectivity index (χ0v) is 12.8. The van der Waals surface area contributed by atoms with E-state index in [9.17, 15) is 4.79 Å². The molecule has 4 heteroatoms. The van der Waals surface area contributed by atoms with E-state index in [0.717, 1.165) is 37.6 Å². The average molecular weight is 270 g/mol. The first-order valence-electron chi connectivity index (χ1n) is 7.13. The molecule has 0 N–H and O–H groups in total. The number of hydrogen-bond acceptors (Lipinski definition) is 2. The van der Waals surface area contributed by atoms with Gasteiger partial charge in [0.25, 0.3) is 0 Å². The van der Waals surface area contributed by atoms with Crippen LogP contribution in [0.3, 0.4) is 0 Å². The van der Waals surface area contributed by atoms with Crippen molar-refractivity contribution in [2.24, 2.45) is 5.41 Å². The van der Waals surface area contributed by atoms with Gasteiger partial charge in [0, 0.05) is 37.2 Å². The Balaban J connectivity index is 2.05. The Hall–Kier alpha value is -0.380. The summed E-state index contributed by atoms with van der Waals surface area (Å²) in [5.74, 6) is 2.19. The summed E-state index contributed by atoms with van der Waals surface area (Å²) in [5.41, 5.74) is 0.195. The lowest BCUT2D eigenvalue weighted by atomic mass is 9.81. The standard InChI is InChI=1S/C14H26N2OS/c1-14(2,3)12-6-4-5-7-16(12)13(17)15-8-10-18-11-9-15/h12H,4-11H2,1-3H3. The summed E-state index contributed by atoms with van der Waals surface area (Å²) < 4.78 is 0. The second kappa shape index (κ2) is 5.72. The molecule has 1 atom stereocenters. The molecule has 3 nitrogen and oxygen atoms in total. The van der Waals surface area contributed by atoms with Crippen LogP contribution in [0.4, 0.5) is 4.79 Å². The molecule has 0 aromatic carbocycles. The van der Waals surface area contributed by atoms with Gasteiger partial charge in [0.05, 0.1) is 0 Å². The largest absolute Gasteiger partial charge is 0.323 e. The van der Waals surface area contributed by atoms with Gasteiger partial charge in [-0.25, -0.2) is 4.79 Å². The van der Waals surface area contributed by atoms with Crippen molar-refractivity contribution in [1.82, 2.24) is 9.80 Å². The Labute approximate surface area is 115 Å². The third-order valence-electron chi connectivity index (χ3n) is 4.03. The van der Waals surface area contributed by atoms with Crippen LogP contribution in [0.15, 0.2) is 0 Å². The third kappa shape index (κ3) is 3.14. The number of nitrogens with zero attached hydrogens (tertiary/aromatic N) is 2. The molecule has 0 aromatic rings. The maximum atomic E-state index is 12.7. The van der Waals surface area contributed by atoms with Crippen molar-refractivity contribution in [2.45, 2.75) is 46.1 Å². The first kappa shape index (κ1) is 14.0. The van der Waals surface area contributed by atoms with E-state index in [0.29, 0.717) is 6.04 Å². The van der Waals surface area contributed by atoms with E-state index < -0.39 is 0 Å². The maximum absolute atomic E-state index is 12.7. The molecule has 0 radical (unpaired) electrons. The van der Waals surface area contributed by atoms with Crippen LogP contribution in [-0.2, 0) is 0 Å². The van der Waals surface area contributed by atoms with Crippen molar-refractivity contribution in [1.29, 1.82) is 0 Å². The molecule has 2 rings (SSSR count). The molecule has 0 aliphatic carbocycles. The monoisotopic (exact) mass is 270 g/mol. The van der Waals surface area contributed by atoms with Crippen molar-refractivity contribution in [3.8, 4) is 0 Å². The number of piperidine rings is 1. The highest BCUT2D eigenvalue weighted by Crippen LogP contribution is 2.32. The number of likely N-dealkylation sites (tertiary alicyclic amines) is 1. The summed E-state index contributed by atoms with van der Waals surface area (Å²) in [6.07, 6.45) is 3.60. The summed E-state index contributed by atoms with van der Waals surface area (Å²) in [5, 5.41) is 0. The first-order valence-corrected chi connectivity index (χ1v) is 8.29. The van der Waals surface area contributed by atoms with Crippen LogP contribution in [0.1, 0.15) is 40.0 Å². The predicted molar refractivity (Wildman–Crippen MR) is 78.1 cm³/mol. The number of hydrogen-bond donors (Lipinski definition) is 0. The number of thioether (sulfide) groups is 1. The van der Waals surface area contributed by atoms with Crippen LogP contribution in [0.5, 0.6) is 0 Å². The minimum atomic E-state index is 0.195. The third-order valence-corrected chi connectivity index (χ3v) is 4.97. The molecule has 0 aromatic heterocycles. The van der Waals surface area contributed by atoms with Gasteiger partial charge in [-0.2, -0.15) is 11.8 Å². The molecule has 2 heterocycles. The Bertz CT molecular complexity index is 295. The van der Waals surface area contributed by atoms with Gasteiger partial charge in [-0.05, 0) is 24.7 Å². The lowest BCUT2D eigenvalue weighted by Crippen LogP contribution is -2.55. The smallest absolute Gasteiger partial charge is 0.320 e. The van der Waals surface area contributed by atoms with Gasteiger partial charge in [0.15, 0.2) is 0 Å². The summed E-state index contributed by atoms with van der Waals surface area (Å²) in [6.45, 7) is 9.58. The molecule has 0 bridgehead atoms. The van der Waals surface area contributed by atoms with Crippen molar-refractivity contribution in [3.63, 3.8) is 0 Å². The summed E-state index contributed by atoms with van der Waals surface area (Å²) in [7, 11) is 0. The van der Waals surface area contributed by atoms with E-state index in [2.05, 4.69) is 30.6 Å². The van der Waals surface area contributed by atoms with Crippen molar-refractivity contribution < 1.29 is 4.79 Å². The summed E-state index contributed by atoms with van der Waals surface area (Å²) >= 11 is 1.96. The predicted octanol–water partition coefficient (Wildman–Crippen LogP) is 3.06. The molecule has 0 spiro atoms. The van der Waals surface area contributed by atoms with E-state index in [1.54, 1.807) is 0 Å². The summed E-state index contributed by atoms with van der Waals surface area (Å²) in [6, 6.07) is 0.697. The van der Waals surface area contributed by atoms with Gasteiger partial charge in [-0.3, -0.25) is 0 Å². The summed E-state index contributed by atoms with van der Waals surface area (Å²) in [4.78, 5) is 16.9. The number of rotatable bonds is 0. The molecule has 2 aliphatic heterocycles. The first-order chi connectivity index (χ1) is 8.50. The van der Waals surface area contributed by atoms with Crippen LogP contribution in [0.2, 0.25) is 0 Å². The normalized spacial score (nSPS) is 26.3. The number of urea groups is 1. The van der Waals surface area contributed by atoms with Crippen LogP contribution >= 0.6 is 11.8 Å².